The second-order valence-corrected chi connectivity index (χ2v) is 6.99. The molecule has 0 atom stereocenters. The average molecular weight is 377 g/mol. The number of hydrogen-bond acceptors (Lipinski definition) is 4. The van der Waals surface area contributed by atoms with Gasteiger partial charge in [0.15, 0.2) is 11.5 Å². The third-order valence-corrected chi connectivity index (χ3v) is 5.29. The Labute approximate surface area is 166 Å². The largest absolute Gasteiger partial charge is 0.453 e. The number of anilines is 3. The molecule has 138 valence electrons. The number of para-hydroxylation sites is 5. The standard InChI is InChI=1S/C25H15NO3/c27-25-18-14-13-16(15-19(18)17-7-1-4-10-22(17)29-25)26-20-8-2-5-11-23(20)28-24-12-6-3-9-21(24)26/h1-15H. The maximum absolute atomic E-state index is 12.5. The Morgan fingerprint density at radius 1 is 0.621 bits per heavy atom. The molecule has 5 aromatic rings. The molecule has 0 radical (unpaired) electrons. The lowest BCUT2D eigenvalue weighted by atomic mass is 10.0. The quantitative estimate of drug-likeness (QED) is 0.242. The first-order chi connectivity index (χ1) is 14.3. The molecule has 29 heavy (non-hydrogen) atoms. The zero-order valence-corrected chi connectivity index (χ0v) is 15.3. The Bertz CT molecular complexity index is 1420. The fourth-order valence-corrected chi connectivity index (χ4v) is 3.99. The Morgan fingerprint density at radius 3 is 2.03 bits per heavy atom. The lowest BCUT2D eigenvalue weighted by molar-refractivity contribution is 0.477. The molecule has 1 aliphatic heterocycles. The summed E-state index contributed by atoms with van der Waals surface area (Å²) in [5, 5.41) is 2.36. The summed E-state index contributed by atoms with van der Waals surface area (Å²) in [5.41, 5.74) is 3.13. The molecular formula is C25H15NO3. The van der Waals surface area contributed by atoms with E-state index in [1.807, 2.05) is 91.0 Å². The van der Waals surface area contributed by atoms with Crippen molar-refractivity contribution in [2.45, 2.75) is 0 Å². The molecule has 4 nitrogen and oxygen atoms in total. The van der Waals surface area contributed by atoms with Crippen LogP contribution < -0.4 is 15.3 Å². The molecule has 1 aromatic heterocycles. The molecule has 0 saturated heterocycles. The maximum Gasteiger partial charge on any atom is 0.344 e. The van der Waals surface area contributed by atoms with E-state index in [0.29, 0.717) is 11.0 Å². The van der Waals surface area contributed by atoms with Crippen molar-refractivity contribution in [3.8, 4) is 11.5 Å². The molecule has 0 N–H and O–H groups in total. The van der Waals surface area contributed by atoms with Crippen LogP contribution in [0.25, 0.3) is 21.7 Å². The topological polar surface area (TPSA) is 42.7 Å². The maximum atomic E-state index is 12.5. The summed E-state index contributed by atoms with van der Waals surface area (Å²) in [4.78, 5) is 14.6. The fourth-order valence-electron chi connectivity index (χ4n) is 3.99. The van der Waals surface area contributed by atoms with Crippen LogP contribution in [-0.2, 0) is 0 Å². The van der Waals surface area contributed by atoms with Crippen LogP contribution in [-0.4, -0.2) is 0 Å². The third-order valence-electron chi connectivity index (χ3n) is 5.29. The summed E-state index contributed by atoms with van der Waals surface area (Å²) in [6, 6.07) is 29.4. The number of nitrogens with zero attached hydrogens (tertiary/aromatic N) is 1. The van der Waals surface area contributed by atoms with Crippen molar-refractivity contribution in [3.63, 3.8) is 0 Å². The first kappa shape index (κ1) is 16.0. The molecule has 0 unspecified atom stereocenters. The molecule has 1 aliphatic rings. The van der Waals surface area contributed by atoms with Gasteiger partial charge in [-0.25, -0.2) is 4.79 Å². The predicted octanol–water partition coefficient (Wildman–Crippen LogP) is 6.52. The third kappa shape index (κ3) is 2.36. The van der Waals surface area contributed by atoms with E-state index in [0.717, 1.165) is 39.3 Å². The number of rotatable bonds is 1. The van der Waals surface area contributed by atoms with Crippen LogP contribution in [0.3, 0.4) is 0 Å². The summed E-state index contributed by atoms with van der Waals surface area (Å²) in [6.07, 6.45) is 0. The number of fused-ring (bicyclic) bond motifs is 5. The summed E-state index contributed by atoms with van der Waals surface area (Å²) >= 11 is 0. The summed E-state index contributed by atoms with van der Waals surface area (Å²) in [6.45, 7) is 0. The SMILES string of the molecule is O=c1oc2ccccc2c2cc(N3c4ccccc4Oc4ccccc43)ccc12. The first-order valence-electron chi connectivity index (χ1n) is 9.41. The Morgan fingerprint density at radius 2 is 1.28 bits per heavy atom. The van der Waals surface area contributed by atoms with Gasteiger partial charge in [-0.15, -0.1) is 0 Å². The normalized spacial score (nSPS) is 12.5. The molecular weight excluding hydrogens is 362 g/mol. The molecule has 6 rings (SSSR count). The van der Waals surface area contributed by atoms with Crippen molar-refractivity contribution in [2.75, 3.05) is 4.90 Å². The molecule has 0 bridgehead atoms. The smallest absolute Gasteiger partial charge is 0.344 e. The van der Waals surface area contributed by atoms with Gasteiger partial charge < -0.3 is 14.1 Å². The van der Waals surface area contributed by atoms with Crippen LogP contribution in [0.15, 0.2) is 100 Å². The molecule has 0 aliphatic carbocycles. The monoisotopic (exact) mass is 377 g/mol. The van der Waals surface area contributed by atoms with E-state index in [1.165, 1.54) is 0 Å². The van der Waals surface area contributed by atoms with E-state index >= 15 is 0 Å². The molecule has 4 heteroatoms. The van der Waals surface area contributed by atoms with Crippen LogP contribution in [0.4, 0.5) is 17.1 Å². The number of ether oxygens (including phenoxy) is 1. The molecule has 2 heterocycles. The van der Waals surface area contributed by atoms with Crippen LogP contribution in [0.2, 0.25) is 0 Å². The van der Waals surface area contributed by atoms with Crippen molar-refractivity contribution >= 4 is 38.8 Å². The van der Waals surface area contributed by atoms with Crippen molar-refractivity contribution < 1.29 is 9.15 Å². The van der Waals surface area contributed by atoms with Crippen LogP contribution >= 0.6 is 0 Å². The second kappa shape index (κ2) is 5.97. The minimum Gasteiger partial charge on any atom is -0.453 e. The van der Waals surface area contributed by atoms with E-state index in [2.05, 4.69) is 4.90 Å². The minimum atomic E-state index is -0.326. The van der Waals surface area contributed by atoms with Gasteiger partial charge in [0.05, 0.1) is 16.8 Å². The van der Waals surface area contributed by atoms with Gasteiger partial charge in [-0.2, -0.15) is 0 Å². The van der Waals surface area contributed by atoms with Gasteiger partial charge in [-0.1, -0.05) is 42.5 Å². The number of benzene rings is 4. The van der Waals surface area contributed by atoms with Crippen molar-refractivity contribution in [1.82, 2.24) is 0 Å². The molecule has 0 saturated carbocycles. The second-order valence-electron chi connectivity index (χ2n) is 6.99. The van der Waals surface area contributed by atoms with Crippen LogP contribution in [0.1, 0.15) is 0 Å². The van der Waals surface area contributed by atoms with Gasteiger partial charge in [0.1, 0.15) is 5.58 Å². The first-order valence-corrected chi connectivity index (χ1v) is 9.41. The van der Waals surface area contributed by atoms with Gasteiger partial charge in [-0.05, 0) is 48.5 Å². The Kier molecular flexibility index (Phi) is 3.29. The summed E-state index contributed by atoms with van der Waals surface area (Å²) in [5.74, 6) is 1.59. The van der Waals surface area contributed by atoms with Gasteiger partial charge in [0.25, 0.3) is 0 Å². The zero-order valence-electron chi connectivity index (χ0n) is 15.3. The van der Waals surface area contributed by atoms with E-state index in [4.69, 9.17) is 9.15 Å². The van der Waals surface area contributed by atoms with E-state index in [1.54, 1.807) is 0 Å². The molecule has 4 aromatic carbocycles. The highest BCUT2D eigenvalue weighted by Crippen LogP contribution is 2.50. The van der Waals surface area contributed by atoms with Gasteiger partial charge in [0.2, 0.25) is 0 Å². The molecule has 0 spiro atoms. The summed E-state index contributed by atoms with van der Waals surface area (Å²) in [7, 11) is 0. The van der Waals surface area contributed by atoms with Gasteiger partial charge >= 0.3 is 5.63 Å². The van der Waals surface area contributed by atoms with Crippen LogP contribution in [0, 0.1) is 0 Å². The van der Waals surface area contributed by atoms with E-state index < -0.39 is 0 Å². The average Bonchev–Trinajstić information content (AvgIpc) is 2.77. The predicted molar refractivity (Wildman–Crippen MR) is 115 cm³/mol. The highest BCUT2D eigenvalue weighted by Gasteiger charge is 2.25. The Hall–Kier alpha value is -4.05. The van der Waals surface area contributed by atoms with Gasteiger partial charge in [0, 0.05) is 16.5 Å². The van der Waals surface area contributed by atoms with Crippen LogP contribution in [0.5, 0.6) is 11.5 Å². The van der Waals surface area contributed by atoms with Gasteiger partial charge in [-0.3, -0.25) is 0 Å². The van der Waals surface area contributed by atoms with E-state index in [-0.39, 0.29) is 5.63 Å². The lowest BCUT2D eigenvalue weighted by Gasteiger charge is -2.32. The van der Waals surface area contributed by atoms with E-state index in [9.17, 15) is 4.79 Å². The fraction of sp³-hybridized carbons (Fsp3) is 0. The Balaban J connectivity index is 1.67. The zero-order chi connectivity index (χ0) is 19.4. The number of hydrogen-bond donors (Lipinski definition) is 0. The minimum absolute atomic E-state index is 0.326. The summed E-state index contributed by atoms with van der Waals surface area (Å²) < 4.78 is 11.6. The molecule has 0 fully saturated rings. The highest BCUT2D eigenvalue weighted by molar-refractivity contribution is 6.06. The molecule has 0 amide bonds. The van der Waals surface area contributed by atoms with Crippen molar-refractivity contribution in [3.05, 3.63) is 101 Å². The van der Waals surface area contributed by atoms with Crippen molar-refractivity contribution in [1.29, 1.82) is 0 Å². The van der Waals surface area contributed by atoms with Crippen molar-refractivity contribution in [2.24, 2.45) is 0 Å². The lowest BCUT2D eigenvalue weighted by Crippen LogP contribution is -2.15. The highest BCUT2D eigenvalue weighted by atomic mass is 16.5.